The van der Waals surface area contributed by atoms with Gasteiger partial charge in [-0.25, -0.2) is 9.48 Å². The Morgan fingerprint density at radius 1 is 1.53 bits per heavy atom. The van der Waals surface area contributed by atoms with Gasteiger partial charge in [-0.15, -0.1) is 0 Å². The van der Waals surface area contributed by atoms with Crippen LogP contribution in [0.3, 0.4) is 0 Å². The third kappa shape index (κ3) is 2.01. The summed E-state index contributed by atoms with van der Waals surface area (Å²) in [7, 11) is 0. The van der Waals surface area contributed by atoms with Crippen LogP contribution in [0.4, 0.5) is 0 Å². The van der Waals surface area contributed by atoms with Gasteiger partial charge >= 0.3 is 5.97 Å². The van der Waals surface area contributed by atoms with Crippen LogP contribution in [-0.4, -0.2) is 20.9 Å². The number of hydrogen-bond acceptors (Lipinski definition) is 3. The van der Waals surface area contributed by atoms with Crippen molar-refractivity contribution in [3.05, 3.63) is 47.3 Å². The number of carboxylic acids is 1. The van der Waals surface area contributed by atoms with Crippen LogP contribution < -0.4 is 0 Å². The average molecular weight is 227 g/mol. The lowest BCUT2D eigenvalue weighted by atomic mass is 10.1. The van der Waals surface area contributed by atoms with Crippen molar-refractivity contribution >= 4 is 5.97 Å². The highest BCUT2D eigenvalue weighted by Crippen LogP contribution is 2.15. The van der Waals surface area contributed by atoms with Gasteiger partial charge in [-0.05, 0) is 24.6 Å². The zero-order chi connectivity index (χ0) is 12.4. The molecule has 2 rings (SSSR count). The van der Waals surface area contributed by atoms with Gasteiger partial charge in [-0.1, -0.05) is 6.07 Å². The average Bonchev–Trinajstić information content (AvgIpc) is 2.78. The molecule has 0 aliphatic heterocycles. The van der Waals surface area contributed by atoms with Gasteiger partial charge in [0.05, 0.1) is 23.0 Å². The lowest BCUT2D eigenvalue weighted by Gasteiger charge is -2.04. The van der Waals surface area contributed by atoms with Crippen molar-refractivity contribution in [3.63, 3.8) is 0 Å². The zero-order valence-corrected chi connectivity index (χ0v) is 9.08. The molecule has 17 heavy (non-hydrogen) atoms. The van der Waals surface area contributed by atoms with Crippen LogP contribution in [0.25, 0.3) is 5.69 Å². The molecule has 0 saturated carbocycles. The van der Waals surface area contributed by atoms with Crippen LogP contribution in [0, 0.1) is 18.3 Å². The van der Waals surface area contributed by atoms with Crippen molar-refractivity contribution in [2.75, 3.05) is 0 Å². The fourth-order valence-electron chi connectivity index (χ4n) is 1.50. The smallest absolute Gasteiger partial charge is 0.338 e. The van der Waals surface area contributed by atoms with E-state index in [0.717, 1.165) is 5.56 Å². The molecule has 0 amide bonds. The molecule has 0 atom stereocenters. The molecule has 0 spiro atoms. The highest BCUT2D eigenvalue weighted by Gasteiger charge is 2.10. The van der Waals surface area contributed by atoms with E-state index in [-0.39, 0.29) is 5.56 Å². The van der Waals surface area contributed by atoms with E-state index in [9.17, 15) is 4.79 Å². The predicted octanol–water partition coefficient (Wildman–Crippen LogP) is 1.75. The van der Waals surface area contributed by atoms with E-state index in [1.54, 1.807) is 12.1 Å². The summed E-state index contributed by atoms with van der Waals surface area (Å²) >= 11 is 0. The molecule has 2 aromatic rings. The third-order valence-electron chi connectivity index (χ3n) is 2.35. The number of hydrogen-bond donors (Lipinski definition) is 1. The van der Waals surface area contributed by atoms with Crippen molar-refractivity contribution in [3.8, 4) is 11.8 Å². The lowest BCUT2D eigenvalue weighted by molar-refractivity contribution is 0.0697. The zero-order valence-electron chi connectivity index (χ0n) is 9.08. The number of aromatic carboxylic acids is 1. The molecule has 0 aliphatic carbocycles. The maximum atomic E-state index is 10.7. The molecular weight excluding hydrogens is 218 g/mol. The van der Waals surface area contributed by atoms with Crippen molar-refractivity contribution in [1.29, 1.82) is 5.26 Å². The van der Waals surface area contributed by atoms with E-state index in [1.165, 1.54) is 17.1 Å². The summed E-state index contributed by atoms with van der Waals surface area (Å²) in [6.07, 6.45) is 2.64. The topological polar surface area (TPSA) is 78.9 Å². The molecule has 1 aromatic heterocycles. The van der Waals surface area contributed by atoms with Gasteiger partial charge in [0.1, 0.15) is 6.07 Å². The van der Waals surface area contributed by atoms with Gasteiger partial charge in [0, 0.05) is 6.20 Å². The summed E-state index contributed by atoms with van der Waals surface area (Å²) in [5, 5.41) is 21.7. The first-order valence-corrected chi connectivity index (χ1v) is 4.91. The van der Waals surface area contributed by atoms with Gasteiger partial charge in [0.25, 0.3) is 0 Å². The molecule has 0 aliphatic rings. The Labute approximate surface area is 97.5 Å². The van der Waals surface area contributed by atoms with Crippen LogP contribution in [0.15, 0.2) is 30.6 Å². The first-order chi connectivity index (χ1) is 8.11. The van der Waals surface area contributed by atoms with Gasteiger partial charge < -0.3 is 5.11 Å². The van der Waals surface area contributed by atoms with Crippen LogP contribution in [0.5, 0.6) is 0 Å². The maximum absolute atomic E-state index is 10.7. The number of nitrogens with zero attached hydrogens (tertiary/aromatic N) is 3. The van der Waals surface area contributed by atoms with Crippen LogP contribution in [0.2, 0.25) is 0 Å². The Morgan fingerprint density at radius 3 is 2.88 bits per heavy atom. The summed E-state index contributed by atoms with van der Waals surface area (Å²) in [5.41, 5.74) is 2.10. The number of aromatic nitrogens is 2. The minimum absolute atomic E-state index is 0.0921. The molecule has 0 bridgehead atoms. The van der Waals surface area contributed by atoms with E-state index >= 15 is 0 Å². The number of rotatable bonds is 2. The maximum Gasteiger partial charge on any atom is 0.338 e. The third-order valence-corrected chi connectivity index (χ3v) is 2.35. The quantitative estimate of drug-likeness (QED) is 0.847. The predicted molar refractivity (Wildman–Crippen MR) is 60.0 cm³/mol. The standard InChI is InChI=1S/C12H9N3O2/c1-8-2-3-11(9(4-8)5-13)15-7-10(6-14-15)12(16)17/h2-4,6-7H,1H3,(H,16,17). The van der Waals surface area contributed by atoms with E-state index < -0.39 is 5.97 Å². The fourth-order valence-corrected chi connectivity index (χ4v) is 1.50. The molecule has 0 unspecified atom stereocenters. The first-order valence-electron chi connectivity index (χ1n) is 4.91. The molecule has 1 aromatic carbocycles. The SMILES string of the molecule is Cc1ccc(-n2cc(C(=O)O)cn2)c(C#N)c1. The largest absolute Gasteiger partial charge is 0.478 e. The minimum Gasteiger partial charge on any atom is -0.478 e. The Kier molecular flexibility index (Phi) is 2.63. The molecular formula is C12H9N3O2. The molecule has 0 fully saturated rings. The van der Waals surface area contributed by atoms with Gasteiger partial charge in [0.2, 0.25) is 0 Å². The molecule has 84 valence electrons. The molecule has 0 radical (unpaired) electrons. The number of aryl methyl sites for hydroxylation is 1. The van der Waals surface area contributed by atoms with E-state index in [2.05, 4.69) is 11.2 Å². The summed E-state index contributed by atoms with van der Waals surface area (Å²) < 4.78 is 1.39. The fraction of sp³-hybridized carbons (Fsp3) is 0.0833. The van der Waals surface area contributed by atoms with Crippen molar-refractivity contribution in [2.45, 2.75) is 6.92 Å². The van der Waals surface area contributed by atoms with Gasteiger partial charge in [-0.3, -0.25) is 0 Å². The first kappa shape index (κ1) is 10.9. The molecule has 0 saturated heterocycles. The van der Waals surface area contributed by atoms with Crippen LogP contribution in [-0.2, 0) is 0 Å². The second kappa shape index (κ2) is 4.10. The normalized spacial score (nSPS) is 9.88. The molecule has 5 heteroatoms. The lowest BCUT2D eigenvalue weighted by Crippen LogP contribution is -1.99. The van der Waals surface area contributed by atoms with Crippen LogP contribution >= 0.6 is 0 Å². The van der Waals surface area contributed by atoms with Crippen molar-refractivity contribution in [2.24, 2.45) is 0 Å². The molecule has 1 N–H and O–H groups in total. The Bertz CT molecular complexity index is 623. The van der Waals surface area contributed by atoms with Gasteiger partial charge in [-0.2, -0.15) is 10.4 Å². The van der Waals surface area contributed by atoms with Gasteiger partial charge in [0.15, 0.2) is 0 Å². The Hall–Kier alpha value is -2.61. The second-order valence-corrected chi connectivity index (χ2v) is 3.61. The molecule has 1 heterocycles. The van der Waals surface area contributed by atoms with E-state index in [1.807, 2.05) is 13.0 Å². The van der Waals surface area contributed by atoms with Crippen molar-refractivity contribution < 1.29 is 9.90 Å². The highest BCUT2D eigenvalue weighted by molar-refractivity contribution is 5.87. The highest BCUT2D eigenvalue weighted by atomic mass is 16.4. The van der Waals surface area contributed by atoms with Crippen LogP contribution in [0.1, 0.15) is 21.5 Å². The number of benzene rings is 1. The number of nitriles is 1. The summed E-state index contributed by atoms with van der Waals surface area (Å²) in [6.45, 7) is 1.89. The second-order valence-electron chi connectivity index (χ2n) is 3.61. The summed E-state index contributed by atoms with van der Waals surface area (Å²) in [6, 6.07) is 7.39. The summed E-state index contributed by atoms with van der Waals surface area (Å²) in [5.74, 6) is -1.04. The Balaban J connectivity index is 2.53. The number of carbonyl (C=O) groups is 1. The Morgan fingerprint density at radius 2 is 2.29 bits per heavy atom. The van der Waals surface area contributed by atoms with E-state index in [4.69, 9.17) is 10.4 Å². The number of carboxylic acid groups (broad SMARTS) is 1. The monoisotopic (exact) mass is 227 g/mol. The molecule has 5 nitrogen and oxygen atoms in total. The van der Waals surface area contributed by atoms with E-state index in [0.29, 0.717) is 11.3 Å². The summed E-state index contributed by atoms with van der Waals surface area (Å²) in [4.78, 5) is 10.7. The minimum atomic E-state index is -1.04. The van der Waals surface area contributed by atoms with Crippen molar-refractivity contribution in [1.82, 2.24) is 9.78 Å².